The Morgan fingerprint density at radius 2 is 1.96 bits per heavy atom. The number of aromatic nitrogens is 1. The zero-order chi connectivity index (χ0) is 19.8. The van der Waals surface area contributed by atoms with Crippen LogP contribution in [0.25, 0.3) is 0 Å². The fraction of sp³-hybridized carbons (Fsp3) is 0.478. The van der Waals surface area contributed by atoms with Gasteiger partial charge in [-0.25, -0.2) is 4.98 Å². The lowest BCUT2D eigenvalue weighted by Gasteiger charge is -2.32. The van der Waals surface area contributed by atoms with Crippen LogP contribution >= 0.6 is 0 Å². The third kappa shape index (κ3) is 5.80. The monoisotopic (exact) mass is 381 g/mol. The van der Waals surface area contributed by atoms with Crippen molar-refractivity contribution in [3.63, 3.8) is 0 Å². The molecule has 1 aromatic heterocycles. The van der Waals surface area contributed by atoms with E-state index in [-0.39, 0.29) is 12.0 Å². The minimum absolute atomic E-state index is 0.0640. The molecule has 0 saturated carbocycles. The van der Waals surface area contributed by atoms with E-state index >= 15 is 0 Å². The summed E-state index contributed by atoms with van der Waals surface area (Å²) in [6.45, 7) is 4.04. The zero-order valence-corrected chi connectivity index (χ0v) is 16.7. The lowest BCUT2D eigenvalue weighted by atomic mass is 9.90. The van der Waals surface area contributed by atoms with Crippen molar-refractivity contribution in [2.45, 2.75) is 45.1 Å². The minimum atomic E-state index is -0.383. The van der Waals surface area contributed by atoms with E-state index in [2.05, 4.69) is 40.6 Å². The fourth-order valence-corrected chi connectivity index (χ4v) is 3.61. The summed E-state index contributed by atoms with van der Waals surface area (Å²) in [6.07, 6.45) is 6.39. The number of hydrogen-bond acceptors (Lipinski definition) is 4. The number of hydrogen-bond donors (Lipinski definition) is 2. The van der Waals surface area contributed by atoms with Crippen LogP contribution in [-0.4, -0.2) is 46.6 Å². The molecular formula is C23H31N3O2. The third-order valence-electron chi connectivity index (χ3n) is 5.59. The topological polar surface area (TPSA) is 65.5 Å². The molecule has 2 N–H and O–H groups in total. The maximum absolute atomic E-state index is 12.7. The molecule has 1 unspecified atom stereocenters. The number of aliphatic hydroxyl groups is 1. The number of amides is 1. The Hall–Kier alpha value is -2.40. The van der Waals surface area contributed by atoms with Gasteiger partial charge in [0.1, 0.15) is 5.82 Å². The smallest absolute Gasteiger partial charge is 0.255 e. The number of carbonyl (C=O) groups is 1. The summed E-state index contributed by atoms with van der Waals surface area (Å²) in [5.74, 6) is 1.44. The lowest BCUT2D eigenvalue weighted by Crippen LogP contribution is -2.38. The molecule has 0 spiro atoms. The molecule has 1 amide bonds. The zero-order valence-electron chi connectivity index (χ0n) is 16.7. The van der Waals surface area contributed by atoms with Crippen LogP contribution in [0.5, 0.6) is 0 Å². The molecule has 3 rings (SSSR count). The van der Waals surface area contributed by atoms with Gasteiger partial charge in [0.25, 0.3) is 5.91 Å². The first-order chi connectivity index (χ1) is 13.7. The van der Waals surface area contributed by atoms with Crippen molar-refractivity contribution < 1.29 is 9.90 Å². The summed E-state index contributed by atoms with van der Waals surface area (Å²) in [5, 5.41) is 12.7. The number of rotatable bonds is 8. The number of benzene rings is 1. The highest BCUT2D eigenvalue weighted by Crippen LogP contribution is 2.23. The molecule has 2 aromatic rings. The van der Waals surface area contributed by atoms with E-state index in [9.17, 15) is 9.90 Å². The number of anilines is 1. The van der Waals surface area contributed by atoms with Gasteiger partial charge in [0, 0.05) is 25.8 Å². The Labute approximate surface area is 167 Å². The Morgan fingerprint density at radius 1 is 1.21 bits per heavy atom. The molecular weight excluding hydrogens is 350 g/mol. The summed E-state index contributed by atoms with van der Waals surface area (Å²) in [4.78, 5) is 19.0. The molecule has 150 valence electrons. The van der Waals surface area contributed by atoms with Crippen LogP contribution in [-0.2, 0) is 6.42 Å². The van der Waals surface area contributed by atoms with Crippen LogP contribution in [0.15, 0.2) is 48.7 Å². The number of aryl methyl sites for hydroxylation is 1. The van der Waals surface area contributed by atoms with Gasteiger partial charge in [0.05, 0.1) is 11.7 Å². The Balaban J connectivity index is 1.44. The molecule has 1 saturated heterocycles. The Morgan fingerprint density at radius 3 is 2.61 bits per heavy atom. The third-order valence-corrected chi connectivity index (χ3v) is 5.59. The second kappa shape index (κ2) is 10.2. The van der Waals surface area contributed by atoms with Crippen molar-refractivity contribution >= 4 is 11.7 Å². The normalized spacial score (nSPS) is 16.0. The number of aliphatic hydroxyl groups excluding tert-OH is 1. The first-order valence-corrected chi connectivity index (χ1v) is 10.4. The number of pyridine rings is 1. The van der Waals surface area contributed by atoms with Gasteiger partial charge in [-0.2, -0.15) is 0 Å². The number of nitrogens with one attached hydrogen (secondary N) is 1. The van der Waals surface area contributed by atoms with Crippen LogP contribution in [0.1, 0.15) is 48.5 Å². The van der Waals surface area contributed by atoms with Crippen LogP contribution in [0, 0.1) is 5.92 Å². The van der Waals surface area contributed by atoms with E-state index in [0.717, 1.165) is 32.4 Å². The molecule has 5 nitrogen and oxygen atoms in total. The van der Waals surface area contributed by atoms with Crippen LogP contribution in [0.2, 0.25) is 0 Å². The SMILES string of the molecule is CCC(O)CNc1ccc(C(=O)N2CCC(CCc3ccccc3)CC2)cn1. The quantitative estimate of drug-likeness (QED) is 0.731. The van der Waals surface area contributed by atoms with Gasteiger partial charge in [0.2, 0.25) is 0 Å². The average molecular weight is 382 g/mol. The van der Waals surface area contributed by atoms with Crippen LogP contribution in [0.3, 0.4) is 0 Å². The highest BCUT2D eigenvalue weighted by molar-refractivity contribution is 5.94. The van der Waals surface area contributed by atoms with Gasteiger partial charge >= 0.3 is 0 Å². The Kier molecular flexibility index (Phi) is 7.43. The molecule has 0 aliphatic carbocycles. The second-order valence-electron chi connectivity index (χ2n) is 7.63. The van der Waals surface area contributed by atoms with Gasteiger partial charge in [0.15, 0.2) is 0 Å². The molecule has 5 heteroatoms. The van der Waals surface area contributed by atoms with E-state index in [0.29, 0.717) is 30.3 Å². The predicted molar refractivity (Wildman–Crippen MR) is 112 cm³/mol. The van der Waals surface area contributed by atoms with E-state index in [4.69, 9.17) is 0 Å². The van der Waals surface area contributed by atoms with Gasteiger partial charge in [-0.1, -0.05) is 37.3 Å². The highest BCUT2D eigenvalue weighted by Gasteiger charge is 2.23. The van der Waals surface area contributed by atoms with Crippen molar-refractivity contribution in [1.29, 1.82) is 0 Å². The summed E-state index contributed by atoms with van der Waals surface area (Å²) < 4.78 is 0. The van der Waals surface area contributed by atoms with Crippen LogP contribution < -0.4 is 5.32 Å². The van der Waals surface area contributed by atoms with Gasteiger partial charge < -0.3 is 15.3 Å². The summed E-state index contributed by atoms with van der Waals surface area (Å²) in [7, 11) is 0. The molecule has 1 aliphatic rings. The first kappa shape index (κ1) is 20.3. The van der Waals surface area contributed by atoms with E-state index in [1.807, 2.05) is 24.0 Å². The maximum Gasteiger partial charge on any atom is 0.255 e. The van der Waals surface area contributed by atoms with Gasteiger partial charge in [-0.05, 0) is 55.7 Å². The average Bonchev–Trinajstić information content (AvgIpc) is 2.77. The minimum Gasteiger partial charge on any atom is -0.391 e. The second-order valence-corrected chi connectivity index (χ2v) is 7.63. The van der Waals surface area contributed by atoms with Gasteiger partial charge in [-0.15, -0.1) is 0 Å². The van der Waals surface area contributed by atoms with Crippen molar-refractivity contribution in [3.8, 4) is 0 Å². The molecule has 1 fully saturated rings. The van der Waals surface area contributed by atoms with E-state index < -0.39 is 0 Å². The number of carbonyl (C=O) groups excluding carboxylic acids is 1. The molecule has 1 aliphatic heterocycles. The van der Waals surface area contributed by atoms with Crippen LogP contribution in [0.4, 0.5) is 5.82 Å². The van der Waals surface area contributed by atoms with E-state index in [1.165, 1.54) is 12.0 Å². The van der Waals surface area contributed by atoms with Crippen molar-refractivity contribution in [1.82, 2.24) is 9.88 Å². The number of piperidine rings is 1. The lowest BCUT2D eigenvalue weighted by molar-refractivity contribution is 0.0686. The fourth-order valence-electron chi connectivity index (χ4n) is 3.61. The largest absolute Gasteiger partial charge is 0.391 e. The summed E-state index contributed by atoms with van der Waals surface area (Å²) >= 11 is 0. The summed E-state index contributed by atoms with van der Waals surface area (Å²) in [6, 6.07) is 14.2. The highest BCUT2D eigenvalue weighted by atomic mass is 16.3. The molecule has 28 heavy (non-hydrogen) atoms. The predicted octanol–water partition coefficient (Wildman–Crippen LogP) is 3.75. The van der Waals surface area contributed by atoms with Gasteiger partial charge in [-0.3, -0.25) is 4.79 Å². The maximum atomic E-state index is 12.7. The molecule has 2 heterocycles. The molecule has 1 atom stereocenters. The summed E-state index contributed by atoms with van der Waals surface area (Å²) in [5.41, 5.74) is 2.02. The molecule has 1 aromatic carbocycles. The van der Waals surface area contributed by atoms with Crippen molar-refractivity contribution in [3.05, 3.63) is 59.8 Å². The first-order valence-electron chi connectivity index (χ1n) is 10.4. The standard InChI is InChI=1S/C23H31N3O2/c1-2-21(27)17-25-22-11-10-20(16-24-22)23(28)26-14-12-19(13-15-26)9-8-18-6-4-3-5-7-18/h3-7,10-11,16,19,21,27H,2,8-9,12-15,17H2,1H3,(H,24,25). The Bertz CT molecular complexity index is 725. The van der Waals surface area contributed by atoms with Crippen molar-refractivity contribution in [2.24, 2.45) is 5.92 Å². The molecule has 0 bridgehead atoms. The number of nitrogens with zero attached hydrogens (tertiary/aromatic N) is 2. The van der Waals surface area contributed by atoms with E-state index in [1.54, 1.807) is 6.20 Å². The number of likely N-dealkylation sites (tertiary alicyclic amines) is 1. The van der Waals surface area contributed by atoms with Crippen molar-refractivity contribution in [2.75, 3.05) is 25.0 Å². The molecule has 0 radical (unpaired) electrons.